The first kappa shape index (κ1) is 22.2. The van der Waals surface area contributed by atoms with Gasteiger partial charge in [0.15, 0.2) is 0 Å². The number of hydrogen-bond acceptors (Lipinski definition) is 3. The van der Waals surface area contributed by atoms with Crippen molar-refractivity contribution in [3.63, 3.8) is 0 Å². The molecule has 1 heterocycles. The highest BCUT2D eigenvalue weighted by Crippen LogP contribution is 2.14. The first-order valence-electron chi connectivity index (χ1n) is 11.0. The molecule has 0 fully saturated rings. The summed E-state index contributed by atoms with van der Waals surface area (Å²) in [5.41, 5.74) is 5.66. The van der Waals surface area contributed by atoms with Crippen LogP contribution in [-0.2, 0) is 0 Å². The third kappa shape index (κ3) is 12.2. The highest BCUT2D eigenvalue weighted by molar-refractivity contribution is 5.83. The van der Waals surface area contributed by atoms with Crippen LogP contribution in [0.25, 0.3) is 0 Å². The third-order valence-corrected chi connectivity index (χ3v) is 5.07. The second-order valence-electron chi connectivity index (χ2n) is 7.41. The summed E-state index contributed by atoms with van der Waals surface area (Å²) >= 11 is 0. The van der Waals surface area contributed by atoms with Crippen LogP contribution in [0, 0.1) is 0 Å². The molecule has 0 amide bonds. The van der Waals surface area contributed by atoms with Crippen molar-refractivity contribution in [2.75, 3.05) is 26.2 Å². The zero-order chi connectivity index (χ0) is 18.0. The minimum atomic E-state index is 0.745. The standard InChI is InChI=1S/C22H43N3/c1-2-3-4-5-6-7-8-9-10-11-12-13-14-15-16-17-22-24-19-21-25(22)20-18-23/h4-5H,2-3,6-21,23H2,1H3/b5-4+. The lowest BCUT2D eigenvalue weighted by Gasteiger charge is -2.19. The summed E-state index contributed by atoms with van der Waals surface area (Å²) in [5, 5.41) is 0. The molecule has 0 saturated heterocycles. The normalized spacial score (nSPS) is 14.6. The van der Waals surface area contributed by atoms with Gasteiger partial charge in [-0.2, -0.15) is 0 Å². The van der Waals surface area contributed by atoms with Gasteiger partial charge in [-0.3, -0.25) is 4.99 Å². The van der Waals surface area contributed by atoms with E-state index in [1.54, 1.807) is 0 Å². The Labute approximate surface area is 157 Å². The van der Waals surface area contributed by atoms with E-state index < -0.39 is 0 Å². The zero-order valence-corrected chi connectivity index (χ0v) is 16.9. The van der Waals surface area contributed by atoms with Crippen LogP contribution in [0.3, 0.4) is 0 Å². The molecule has 0 aromatic heterocycles. The van der Waals surface area contributed by atoms with Gasteiger partial charge in [-0.15, -0.1) is 0 Å². The van der Waals surface area contributed by atoms with Gasteiger partial charge in [0.1, 0.15) is 0 Å². The lowest BCUT2D eigenvalue weighted by atomic mass is 10.0. The number of rotatable bonds is 17. The topological polar surface area (TPSA) is 41.6 Å². The second kappa shape index (κ2) is 16.6. The summed E-state index contributed by atoms with van der Waals surface area (Å²) in [6.45, 7) is 6.03. The summed E-state index contributed by atoms with van der Waals surface area (Å²) < 4.78 is 0. The molecule has 0 saturated carbocycles. The first-order chi connectivity index (χ1) is 12.4. The number of nitrogens with two attached hydrogens (primary N) is 1. The molecular formula is C22H43N3. The van der Waals surface area contributed by atoms with E-state index in [-0.39, 0.29) is 0 Å². The Morgan fingerprint density at radius 3 is 2.12 bits per heavy atom. The van der Waals surface area contributed by atoms with Crippen LogP contribution in [0.4, 0.5) is 0 Å². The van der Waals surface area contributed by atoms with Crippen LogP contribution in [0.2, 0.25) is 0 Å². The molecule has 146 valence electrons. The number of nitrogens with zero attached hydrogens (tertiary/aromatic N) is 2. The van der Waals surface area contributed by atoms with Crippen molar-refractivity contribution in [2.24, 2.45) is 10.7 Å². The predicted octanol–water partition coefficient (Wildman–Crippen LogP) is 5.70. The molecule has 0 aliphatic carbocycles. The Kier molecular flexibility index (Phi) is 14.8. The van der Waals surface area contributed by atoms with Gasteiger partial charge in [0.05, 0.1) is 12.4 Å². The molecule has 0 aromatic rings. The molecule has 0 atom stereocenters. The molecule has 1 aliphatic heterocycles. The number of hydrogen-bond donors (Lipinski definition) is 1. The summed E-state index contributed by atoms with van der Waals surface area (Å²) in [6.07, 6.45) is 23.7. The van der Waals surface area contributed by atoms with Crippen molar-refractivity contribution in [3.05, 3.63) is 12.2 Å². The Morgan fingerprint density at radius 2 is 1.48 bits per heavy atom. The second-order valence-corrected chi connectivity index (χ2v) is 7.41. The summed E-state index contributed by atoms with van der Waals surface area (Å²) in [7, 11) is 0. The van der Waals surface area contributed by atoms with Gasteiger partial charge in [-0.25, -0.2) is 0 Å². The van der Waals surface area contributed by atoms with E-state index in [1.807, 2.05) is 0 Å². The molecule has 1 aliphatic rings. The van der Waals surface area contributed by atoms with Crippen LogP contribution in [-0.4, -0.2) is 36.9 Å². The maximum Gasteiger partial charge on any atom is 0.0990 e. The molecule has 3 nitrogen and oxygen atoms in total. The van der Waals surface area contributed by atoms with Gasteiger partial charge >= 0.3 is 0 Å². The summed E-state index contributed by atoms with van der Waals surface area (Å²) in [5.74, 6) is 1.31. The van der Waals surface area contributed by atoms with Gasteiger partial charge in [0.25, 0.3) is 0 Å². The Hall–Kier alpha value is -0.830. The average Bonchev–Trinajstić information content (AvgIpc) is 3.06. The highest BCUT2D eigenvalue weighted by Gasteiger charge is 2.14. The maximum absolute atomic E-state index is 5.66. The fourth-order valence-corrected chi connectivity index (χ4v) is 3.52. The van der Waals surface area contributed by atoms with Gasteiger partial charge in [0.2, 0.25) is 0 Å². The van der Waals surface area contributed by atoms with Crippen LogP contribution < -0.4 is 5.73 Å². The monoisotopic (exact) mass is 349 g/mol. The van der Waals surface area contributed by atoms with Gasteiger partial charge < -0.3 is 10.6 Å². The summed E-state index contributed by atoms with van der Waals surface area (Å²) in [6, 6.07) is 0. The number of amidine groups is 1. The lowest BCUT2D eigenvalue weighted by molar-refractivity contribution is 0.455. The fourth-order valence-electron chi connectivity index (χ4n) is 3.52. The third-order valence-electron chi connectivity index (χ3n) is 5.07. The molecule has 0 spiro atoms. The van der Waals surface area contributed by atoms with E-state index in [2.05, 4.69) is 29.0 Å². The van der Waals surface area contributed by atoms with E-state index in [0.717, 1.165) is 32.6 Å². The summed E-state index contributed by atoms with van der Waals surface area (Å²) in [4.78, 5) is 7.00. The van der Waals surface area contributed by atoms with Crippen LogP contribution >= 0.6 is 0 Å². The molecule has 1 rings (SSSR count). The van der Waals surface area contributed by atoms with Crippen molar-refractivity contribution in [1.82, 2.24) is 4.90 Å². The van der Waals surface area contributed by atoms with E-state index in [0.29, 0.717) is 0 Å². The molecule has 3 heteroatoms. The smallest absolute Gasteiger partial charge is 0.0990 e. The van der Waals surface area contributed by atoms with E-state index >= 15 is 0 Å². The van der Waals surface area contributed by atoms with E-state index in [9.17, 15) is 0 Å². The quantitative estimate of drug-likeness (QED) is 0.270. The van der Waals surface area contributed by atoms with Crippen LogP contribution in [0.1, 0.15) is 96.8 Å². The van der Waals surface area contributed by atoms with E-state index in [4.69, 9.17) is 5.73 Å². The molecule has 0 unspecified atom stereocenters. The predicted molar refractivity (Wildman–Crippen MR) is 112 cm³/mol. The largest absolute Gasteiger partial charge is 0.357 e. The Bertz CT molecular complexity index is 349. The highest BCUT2D eigenvalue weighted by atomic mass is 15.2. The maximum atomic E-state index is 5.66. The van der Waals surface area contributed by atoms with Crippen LogP contribution in [0.15, 0.2) is 17.1 Å². The van der Waals surface area contributed by atoms with Crippen molar-refractivity contribution in [1.29, 1.82) is 0 Å². The number of allylic oxidation sites excluding steroid dienone is 2. The zero-order valence-electron chi connectivity index (χ0n) is 16.9. The minimum Gasteiger partial charge on any atom is -0.357 e. The molecule has 0 bridgehead atoms. The lowest BCUT2D eigenvalue weighted by Crippen LogP contribution is -2.32. The van der Waals surface area contributed by atoms with Crippen molar-refractivity contribution >= 4 is 5.84 Å². The van der Waals surface area contributed by atoms with Gasteiger partial charge in [-0.05, 0) is 25.7 Å². The molecule has 25 heavy (non-hydrogen) atoms. The molecule has 0 aromatic carbocycles. The molecular weight excluding hydrogens is 306 g/mol. The number of aliphatic imine (C=N–C) groups is 1. The first-order valence-corrected chi connectivity index (χ1v) is 11.0. The van der Waals surface area contributed by atoms with Crippen LogP contribution in [0.5, 0.6) is 0 Å². The fraction of sp³-hybridized carbons (Fsp3) is 0.864. The SMILES string of the molecule is CCC/C=C/CCCCCCCCCCCCC1=NCCN1CCN. The van der Waals surface area contributed by atoms with E-state index in [1.165, 1.54) is 89.3 Å². The van der Waals surface area contributed by atoms with Crippen molar-refractivity contribution in [2.45, 2.75) is 96.8 Å². The number of unbranched alkanes of at least 4 members (excludes halogenated alkanes) is 11. The Morgan fingerprint density at radius 1 is 0.880 bits per heavy atom. The average molecular weight is 350 g/mol. The van der Waals surface area contributed by atoms with Gasteiger partial charge in [0, 0.05) is 26.1 Å². The molecule has 2 N–H and O–H groups in total. The molecule has 0 radical (unpaired) electrons. The van der Waals surface area contributed by atoms with Gasteiger partial charge in [-0.1, -0.05) is 76.9 Å². The van der Waals surface area contributed by atoms with Crippen molar-refractivity contribution < 1.29 is 0 Å². The van der Waals surface area contributed by atoms with Crippen molar-refractivity contribution in [3.8, 4) is 0 Å². The Balaban J connectivity index is 1.79. The minimum absolute atomic E-state index is 0.745.